The number of nitro benzene ring substituents is 1. The van der Waals surface area contributed by atoms with Gasteiger partial charge in [0.2, 0.25) is 0 Å². The number of hydrogen-bond acceptors (Lipinski definition) is 6. The number of ether oxygens (including phenoxy) is 1. The first kappa shape index (κ1) is 18.9. The molecule has 2 aromatic rings. The van der Waals surface area contributed by atoms with Crippen molar-refractivity contribution in [1.82, 2.24) is 5.43 Å². The lowest BCUT2D eigenvalue weighted by molar-refractivity contribution is -0.385. The molecule has 0 aliphatic carbocycles. The number of anilines is 1. The van der Waals surface area contributed by atoms with Gasteiger partial charge >= 0.3 is 0 Å². The highest BCUT2D eigenvalue weighted by Gasteiger charge is 2.12. The highest BCUT2D eigenvalue weighted by Crippen LogP contribution is 2.19. The van der Waals surface area contributed by atoms with Crippen LogP contribution in [0.4, 0.5) is 11.4 Å². The number of hydrazone groups is 1. The van der Waals surface area contributed by atoms with Crippen molar-refractivity contribution in [2.45, 2.75) is 13.8 Å². The summed E-state index contributed by atoms with van der Waals surface area (Å²) < 4.78 is 5.07. The van der Waals surface area contributed by atoms with Gasteiger partial charge in [-0.15, -0.1) is 0 Å². The van der Waals surface area contributed by atoms with Crippen molar-refractivity contribution in [3.63, 3.8) is 0 Å². The van der Waals surface area contributed by atoms with Crippen molar-refractivity contribution in [3.8, 4) is 5.75 Å². The number of amides is 1. The topological polar surface area (TPSA) is 106 Å². The average molecular weight is 356 g/mol. The van der Waals surface area contributed by atoms with E-state index >= 15 is 0 Å². The quantitative estimate of drug-likeness (QED) is 0.451. The molecular formula is C18H20N4O4. The monoisotopic (exact) mass is 356 g/mol. The Hall–Kier alpha value is -3.42. The van der Waals surface area contributed by atoms with Gasteiger partial charge in [-0.1, -0.05) is 12.1 Å². The third-order valence-electron chi connectivity index (χ3n) is 3.72. The van der Waals surface area contributed by atoms with Crippen molar-refractivity contribution < 1.29 is 14.5 Å². The number of nitrogens with zero attached hydrogens (tertiary/aromatic N) is 2. The molecule has 0 radical (unpaired) electrons. The van der Waals surface area contributed by atoms with Crippen LogP contribution in [0.3, 0.4) is 0 Å². The molecule has 0 bridgehead atoms. The van der Waals surface area contributed by atoms with Crippen molar-refractivity contribution in [1.29, 1.82) is 0 Å². The van der Waals surface area contributed by atoms with E-state index in [4.69, 9.17) is 4.74 Å². The Morgan fingerprint density at radius 3 is 2.54 bits per heavy atom. The molecule has 0 saturated heterocycles. The summed E-state index contributed by atoms with van der Waals surface area (Å²) in [6.07, 6.45) is 0. The summed E-state index contributed by atoms with van der Waals surface area (Å²) in [4.78, 5) is 22.5. The third-order valence-corrected chi connectivity index (χ3v) is 3.72. The van der Waals surface area contributed by atoms with Gasteiger partial charge in [-0.05, 0) is 38.1 Å². The summed E-state index contributed by atoms with van der Waals surface area (Å²) in [7, 11) is 1.58. The van der Waals surface area contributed by atoms with Crippen LogP contribution in [0, 0.1) is 17.0 Å². The smallest absolute Gasteiger partial charge is 0.272 e. The normalized spacial score (nSPS) is 11.0. The van der Waals surface area contributed by atoms with E-state index in [9.17, 15) is 14.9 Å². The SMILES string of the molecule is COc1ccc(NCC(=O)N/N=C(/C)c2ccc(C)c([N+](=O)[O-])c2)cc1. The minimum atomic E-state index is -0.441. The van der Waals surface area contributed by atoms with Crippen LogP contribution in [0.1, 0.15) is 18.1 Å². The molecule has 0 atom stereocenters. The van der Waals surface area contributed by atoms with E-state index in [1.807, 2.05) is 0 Å². The van der Waals surface area contributed by atoms with E-state index < -0.39 is 4.92 Å². The molecule has 0 spiro atoms. The Bertz CT molecular complexity index is 832. The molecule has 136 valence electrons. The van der Waals surface area contributed by atoms with Gasteiger partial charge in [0.05, 0.1) is 24.3 Å². The van der Waals surface area contributed by atoms with E-state index in [0.717, 1.165) is 11.4 Å². The first-order chi connectivity index (χ1) is 12.4. The summed E-state index contributed by atoms with van der Waals surface area (Å²) >= 11 is 0. The number of benzene rings is 2. The molecular weight excluding hydrogens is 336 g/mol. The largest absolute Gasteiger partial charge is 0.497 e. The van der Waals surface area contributed by atoms with Crippen LogP contribution in [0.5, 0.6) is 5.75 Å². The van der Waals surface area contributed by atoms with E-state index in [-0.39, 0.29) is 18.1 Å². The van der Waals surface area contributed by atoms with Gasteiger partial charge in [-0.2, -0.15) is 5.10 Å². The van der Waals surface area contributed by atoms with Gasteiger partial charge in [0.25, 0.3) is 11.6 Å². The highest BCUT2D eigenvalue weighted by molar-refractivity contribution is 6.00. The van der Waals surface area contributed by atoms with Crippen LogP contribution in [0.25, 0.3) is 0 Å². The zero-order chi connectivity index (χ0) is 19.1. The zero-order valence-corrected chi connectivity index (χ0v) is 14.8. The fourth-order valence-corrected chi connectivity index (χ4v) is 2.17. The molecule has 0 aromatic heterocycles. The predicted molar refractivity (Wildman–Crippen MR) is 99.7 cm³/mol. The number of carbonyl (C=O) groups excluding carboxylic acids is 1. The maximum Gasteiger partial charge on any atom is 0.272 e. The molecule has 8 heteroatoms. The standard InChI is InChI=1S/C18H20N4O4/c1-12-4-5-14(10-17(12)22(24)25)13(2)20-21-18(23)11-19-15-6-8-16(26-3)9-7-15/h4-10,19H,11H2,1-3H3,(H,21,23)/b20-13-. The summed E-state index contributed by atoms with van der Waals surface area (Å²) in [6, 6.07) is 12.0. The molecule has 2 N–H and O–H groups in total. The van der Waals surface area contributed by atoms with Crippen molar-refractivity contribution in [2.24, 2.45) is 5.10 Å². The molecule has 2 aromatic carbocycles. The number of methoxy groups -OCH3 is 1. The highest BCUT2D eigenvalue weighted by atomic mass is 16.6. The van der Waals surface area contributed by atoms with Gasteiger partial charge in [0.15, 0.2) is 0 Å². The first-order valence-electron chi connectivity index (χ1n) is 7.87. The Kier molecular flexibility index (Phi) is 6.26. The van der Waals surface area contributed by atoms with Crippen LogP contribution in [0.15, 0.2) is 47.6 Å². The van der Waals surface area contributed by atoms with Crippen LogP contribution in [-0.2, 0) is 4.79 Å². The van der Waals surface area contributed by atoms with E-state index in [1.165, 1.54) is 6.07 Å². The summed E-state index contributed by atoms with van der Waals surface area (Å²) in [5, 5.41) is 18.0. The summed E-state index contributed by atoms with van der Waals surface area (Å²) in [5.41, 5.74) is 4.84. The minimum Gasteiger partial charge on any atom is -0.497 e. The maximum absolute atomic E-state index is 11.9. The number of nitro groups is 1. The molecule has 8 nitrogen and oxygen atoms in total. The summed E-state index contributed by atoms with van der Waals surface area (Å²) in [6.45, 7) is 3.38. The average Bonchev–Trinajstić information content (AvgIpc) is 2.64. The molecule has 0 saturated carbocycles. The van der Waals surface area contributed by atoms with Crippen LogP contribution in [-0.4, -0.2) is 30.2 Å². The molecule has 26 heavy (non-hydrogen) atoms. The molecule has 0 unspecified atom stereocenters. The first-order valence-corrected chi connectivity index (χ1v) is 7.87. The molecule has 0 aliphatic rings. The number of hydrogen-bond donors (Lipinski definition) is 2. The third kappa shape index (κ3) is 5.04. The molecule has 1 amide bonds. The van der Waals surface area contributed by atoms with Crippen molar-refractivity contribution in [2.75, 3.05) is 19.0 Å². The molecule has 0 aliphatic heterocycles. The molecule has 0 fully saturated rings. The Balaban J connectivity index is 1.94. The Labute approximate surface area is 151 Å². The van der Waals surface area contributed by atoms with Crippen LogP contribution in [0.2, 0.25) is 0 Å². The van der Waals surface area contributed by atoms with E-state index in [0.29, 0.717) is 16.8 Å². The Morgan fingerprint density at radius 1 is 1.23 bits per heavy atom. The van der Waals surface area contributed by atoms with Gasteiger partial charge in [-0.25, -0.2) is 5.43 Å². The maximum atomic E-state index is 11.9. The number of nitrogens with one attached hydrogen (secondary N) is 2. The second-order valence-corrected chi connectivity index (χ2v) is 5.57. The van der Waals surface area contributed by atoms with E-state index in [1.54, 1.807) is 57.4 Å². The minimum absolute atomic E-state index is 0.0181. The second kappa shape index (κ2) is 8.61. The predicted octanol–water partition coefficient (Wildman–Crippen LogP) is 2.86. The van der Waals surface area contributed by atoms with Crippen LogP contribution < -0.4 is 15.5 Å². The number of aryl methyl sites for hydroxylation is 1. The van der Waals surface area contributed by atoms with Crippen LogP contribution >= 0.6 is 0 Å². The summed E-state index contributed by atoms with van der Waals surface area (Å²) in [5.74, 6) is 0.397. The fourth-order valence-electron chi connectivity index (χ4n) is 2.17. The van der Waals surface area contributed by atoms with Crippen molar-refractivity contribution in [3.05, 3.63) is 63.7 Å². The van der Waals surface area contributed by atoms with Gasteiger partial charge in [0, 0.05) is 22.9 Å². The lowest BCUT2D eigenvalue weighted by atomic mass is 10.1. The lowest BCUT2D eigenvalue weighted by Gasteiger charge is -2.07. The molecule has 2 rings (SSSR count). The molecule has 0 heterocycles. The second-order valence-electron chi connectivity index (χ2n) is 5.57. The Morgan fingerprint density at radius 2 is 1.92 bits per heavy atom. The van der Waals surface area contributed by atoms with E-state index in [2.05, 4.69) is 15.8 Å². The van der Waals surface area contributed by atoms with Gasteiger partial charge in [0.1, 0.15) is 5.75 Å². The van der Waals surface area contributed by atoms with Gasteiger partial charge < -0.3 is 10.1 Å². The zero-order valence-electron chi connectivity index (χ0n) is 14.8. The van der Waals surface area contributed by atoms with Gasteiger partial charge in [-0.3, -0.25) is 14.9 Å². The lowest BCUT2D eigenvalue weighted by Crippen LogP contribution is -2.26. The number of carbonyl (C=O) groups is 1. The number of rotatable bonds is 7. The fraction of sp³-hybridized carbons (Fsp3) is 0.222. The van der Waals surface area contributed by atoms with Crippen molar-refractivity contribution >= 4 is 23.0 Å².